The van der Waals surface area contributed by atoms with Crippen LogP contribution in [0.15, 0.2) is 23.6 Å². The Balaban J connectivity index is 1.51. The van der Waals surface area contributed by atoms with Crippen molar-refractivity contribution in [3.05, 3.63) is 29.3 Å². The van der Waals surface area contributed by atoms with Crippen LogP contribution in [0.5, 0.6) is 11.5 Å². The zero-order valence-corrected chi connectivity index (χ0v) is 13.4. The SMILES string of the molecule is C[C@@H]1CNCCN1Cc1csc(-c2ccc3c(c2)OCO3)n1. The number of thiazole rings is 1. The third-order valence-corrected chi connectivity index (χ3v) is 5.12. The van der Waals surface area contributed by atoms with Gasteiger partial charge in [-0.1, -0.05) is 0 Å². The minimum atomic E-state index is 0.308. The van der Waals surface area contributed by atoms with Crippen LogP contribution in [0.2, 0.25) is 0 Å². The molecule has 0 radical (unpaired) electrons. The smallest absolute Gasteiger partial charge is 0.231 e. The molecule has 116 valence electrons. The van der Waals surface area contributed by atoms with Crippen LogP contribution in [0.25, 0.3) is 10.6 Å². The Morgan fingerprint density at radius 3 is 3.18 bits per heavy atom. The Morgan fingerprint density at radius 1 is 1.36 bits per heavy atom. The molecule has 1 N–H and O–H groups in total. The first-order valence-electron chi connectivity index (χ1n) is 7.59. The minimum Gasteiger partial charge on any atom is -0.454 e. The molecule has 1 saturated heterocycles. The Labute approximate surface area is 133 Å². The van der Waals surface area contributed by atoms with Crippen molar-refractivity contribution in [1.82, 2.24) is 15.2 Å². The first-order chi connectivity index (χ1) is 10.8. The van der Waals surface area contributed by atoms with Crippen molar-refractivity contribution in [3.63, 3.8) is 0 Å². The number of hydrogen-bond donors (Lipinski definition) is 1. The van der Waals surface area contributed by atoms with Gasteiger partial charge in [-0.05, 0) is 25.1 Å². The summed E-state index contributed by atoms with van der Waals surface area (Å²) in [7, 11) is 0. The van der Waals surface area contributed by atoms with Crippen LogP contribution in [0.1, 0.15) is 12.6 Å². The number of nitrogens with one attached hydrogen (secondary N) is 1. The van der Waals surface area contributed by atoms with Crippen LogP contribution in [-0.2, 0) is 6.54 Å². The van der Waals surface area contributed by atoms with E-state index < -0.39 is 0 Å². The van der Waals surface area contributed by atoms with Gasteiger partial charge >= 0.3 is 0 Å². The highest BCUT2D eigenvalue weighted by atomic mass is 32.1. The summed E-state index contributed by atoms with van der Waals surface area (Å²) in [6, 6.07) is 6.57. The zero-order valence-electron chi connectivity index (χ0n) is 12.5. The topological polar surface area (TPSA) is 46.6 Å². The predicted octanol–water partition coefficient (Wildman–Crippen LogP) is 2.33. The number of fused-ring (bicyclic) bond motifs is 1. The van der Waals surface area contributed by atoms with Crippen molar-refractivity contribution in [2.75, 3.05) is 26.4 Å². The third kappa shape index (κ3) is 2.69. The Kier molecular flexibility index (Phi) is 3.73. The fourth-order valence-corrected chi connectivity index (χ4v) is 3.68. The monoisotopic (exact) mass is 317 g/mol. The van der Waals surface area contributed by atoms with Crippen LogP contribution in [0, 0.1) is 0 Å². The highest BCUT2D eigenvalue weighted by Crippen LogP contribution is 2.36. The first kappa shape index (κ1) is 14.0. The van der Waals surface area contributed by atoms with Crippen molar-refractivity contribution < 1.29 is 9.47 Å². The molecule has 1 aromatic heterocycles. The standard InChI is InChI=1S/C16H19N3O2S/c1-11-7-17-4-5-19(11)8-13-9-22-16(18-13)12-2-3-14-15(6-12)21-10-20-14/h2-3,6,9,11,17H,4-5,7-8,10H2,1H3/t11-/m1/s1. The van der Waals surface area contributed by atoms with Crippen LogP contribution >= 0.6 is 11.3 Å². The summed E-state index contributed by atoms with van der Waals surface area (Å²) in [5, 5.41) is 6.62. The number of piperazine rings is 1. The summed E-state index contributed by atoms with van der Waals surface area (Å²) < 4.78 is 10.8. The minimum absolute atomic E-state index is 0.308. The van der Waals surface area contributed by atoms with Crippen LogP contribution < -0.4 is 14.8 Å². The van der Waals surface area contributed by atoms with E-state index in [0.29, 0.717) is 12.8 Å². The summed E-state index contributed by atoms with van der Waals surface area (Å²) in [5.74, 6) is 1.63. The maximum atomic E-state index is 5.44. The quantitative estimate of drug-likeness (QED) is 0.941. The van der Waals surface area contributed by atoms with E-state index in [-0.39, 0.29) is 0 Å². The molecule has 2 aliphatic rings. The number of ether oxygens (including phenoxy) is 2. The zero-order chi connectivity index (χ0) is 14.9. The lowest BCUT2D eigenvalue weighted by Gasteiger charge is -2.33. The molecule has 0 amide bonds. The lowest BCUT2D eigenvalue weighted by Crippen LogP contribution is -2.49. The van der Waals surface area contributed by atoms with E-state index in [4.69, 9.17) is 14.5 Å². The van der Waals surface area contributed by atoms with Crippen molar-refractivity contribution in [1.29, 1.82) is 0 Å². The Bertz CT molecular complexity index is 673. The van der Waals surface area contributed by atoms with Gasteiger partial charge in [-0.15, -0.1) is 11.3 Å². The van der Waals surface area contributed by atoms with Crippen LogP contribution in [-0.4, -0.2) is 42.4 Å². The van der Waals surface area contributed by atoms with E-state index in [2.05, 4.69) is 22.5 Å². The van der Waals surface area contributed by atoms with Crippen molar-refractivity contribution in [2.24, 2.45) is 0 Å². The van der Waals surface area contributed by atoms with Crippen LogP contribution in [0.3, 0.4) is 0 Å². The van der Waals surface area contributed by atoms with E-state index in [1.54, 1.807) is 11.3 Å². The van der Waals surface area contributed by atoms with E-state index in [1.165, 1.54) is 0 Å². The molecular formula is C16H19N3O2S. The number of hydrogen-bond acceptors (Lipinski definition) is 6. The summed E-state index contributed by atoms with van der Waals surface area (Å²) in [4.78, 5) is 7.28. The summed E-state index contributed by atoms with van der Waals surface area (Å²) in [5.41, 5.74) is 2.24. The molecule has 1 atom stereocenters. The lowest BCUT2D eigenvalue weighted by molar-refractivity contribution is 0.164. The molecular weight excluding hydrogens is 298 g/mol. The maximum absolute atomic E-state index is 5.44. The van der Waals surface area contributed by atoms with Gasteiger partial charge in [0, 0.05) is 43.2 Å². The molecule has 0 unspecified atom stereocenters. The molecule has 6 heteroatoms. The Hall–Kier alpha value is -1.63. The van der Waals surface area contributed by atoms with Gasteiger partial charge in [0.05, 0.1) is 5.69 Å². The Morgan fingerprint density at radius 2 is 2.27 bits per heavy atom. The van der Waals surface area contributed by atoms with E-state index in [0.717, 1.165) is 53.9 Å². The average Bonchev–Trinajstić information content (AvgIpc) is 3.17. The molecule has 1 aromatic carbocycles. The fraction of sp³-hybridized carbons (Fsp3) is 0.438. The highest BCUT2D eigenvalue weighted by molar-refractivity contribution is 7.13. The van der Waals surface area contributed by atoms with Gasteiger partial charge in [0.2, 0.25) is 6.79 Å². The number of nitrogens with zero attached hydrogens (tertiary/aromatic N) is 2. The molecule has 1 fully saturated rings. The number of rotatable bonds is 3. The molecule has 0 bridgehead atoms. The largest absolute Gasteiger partial charge is 0.454 e. The number of aromatic nitrogens is 1. The molecule has 2 aliphatic heterocycles. The van der Waals surface area contributed by atoms with Gasteiger partial charge in [0.25, 0.3) is 0 Å². The molecule has 0 aliphatic carbocycles. The predicted molar refractivity (Wildman–Crippen MR) is 86.4 cm³/mol. The second-order valence-electron chi connectivity index (χ2n) is 5.74. The molecule has 0 saturated carbocycles. The van der Waals surface area contributed by atoms with Crippen molar-refractivity contribution in [2.45, 2.75) is 19.5 Å². The van der Waals surface area contributed by atoms with Gasteiger partial charge in [-0.3, -0.25) is 4.90 Å². The molecule has 3 heterocycles. The second-order valence-corrected chi connectivity index (χ2v) is 6.59. The third-order valence-electron chi connectivity index (χ3n) is 4.18. The molecule has 2 aromatic rings. The maximum Gasteiger partial charge on any atom is 0.231 e. The first-order valence-corrected chi connectivity index (χ1v) is 8.47. The molecule has 22 heavy (non-hydrogen) atoms. The van der Waals surface area contributed by atoms with Crippen molar-refractivity contribution >= 4 is 11.3 Å². The molecule has 0 spiro atoms. The average molecular weight is 317 g/mol. The van der Waals surface area contributed by atoms with Gasteiger partial charge in [-0.2, -0.15) is 0 Å². The van der Waals surface area contributed by atoms with Gasteiger partial charge in [-0.25, -0.2) is 4.98 Å². The summed E-state index contributed by atoms with van der Waals surface area (Å²) in [6.45, 7) is 6.69. The second kappa shape index (κ2) is 5.87. The highest BCUT2D eigenvalue weighted by Gasteiger charge is 2.19. The van der Waals surface area contributed by atoms with Crippen molar-refractivity contribution in [3.8, 4) is 22.1 Å². The molecule has 5 nitrogen and oxygen atoms in total. The van der Waals surface area contributed by atoms with Gasteiger partial charge < -0.3 is 14.8 Å². The lowest BCUT2D eigenvalue weighted by atomic mass is 10.2. The summed E-state index contributed by atoms with van der Waals surface area (Å²) in [6.07, 6.45) is 0. The fourth-order valence-electron chi connectivity index (χ4n) is 2.87. The number of benzene rings is 1. The molecule has 4 rings (SSSR count). The van der Waals surface area contributed by atoms with E-state index in [1.807, 2.05) is 18.2 Å². The van der Waals surface area contributed by atoms with Gasteiger partial charge in [0.1, 0.15) is 5.01 Å². The van der Waals surface area contributed by atoms with Crippen LogP contribution in [0.4, 0.5) is 0 Å². The van der Waals surface area contributed by atoms with E-state index >= 15 is 0 Å². The summed E-state index contributed by atoms with van der Waals surface area (Å²) >= 11 is 1.69. The van der Waals surface area contributed by atoms with E-state index in [9.17, 15) is 0 Å². The van der Waals surface area contributed by atoms with Gasteiger partial charge in [0.15, 0.2) is 11.5 Å². The normalized spacial score (nSPS) is 21.2.